The molecule has 2 aromatic rings. The molecule has 1 unspecified atom stereocenters. The van der Waals surface area contributed by atoms with Crippen LogP contribution in [0.25, 0.3) is 5.57 Å². The highest BCUT2D eigenvalue weighted by atomic mass is 19.4. The standard InChI is InChI=1S/C24H27F5N6O/c1-14-6-7-32-18(8-14)17(11-31-3)21(30)22(36)35-13-23(25,26)9-15(2)19(35)12-34-20-5-4-16(10-33-20)24(27,28)29/h4-8,10-11,15,19H,9,12-13,30H2,1-3H3,(H,33,34)/t15-,19?/m1/s1. The van der Waals surface area contributed by atoms with E-state index in [1.807, 2.05) is 6.92 Å². The fraction of sp³-hybridized carbons (Fsp3) is 0.417. The zero-order valence-corrected chi connectivity index (χ0v) is 20.0. The van der Waals surface area contributed by atoms with Gasteiger partial charge >= 0.3 is 6.18 Å². The number of hydrogen-bond acceptors (Lipinski definition) is 6. The maximum Gasteiger partial charge on any atom is 0.417 e. The van der Waals surface area contributed by atoms with Crippen LogP contribution in [-0.2, 0) is 11.0 Å². The Labute approximate surface area is 205 Å². The summed E-state index contributed by atoms with van der Waals surface area (Å²) in [5.74, 6) is -4.48. The Morgan fingerprint density at radius 2 is 2.03 bits per heavy atom. The molecule has 3 rings (SSSR count). The number of nitrogens with one attached hydrogen (secondary N) is 1. The highest BCUT2D eigenvalue weighted by Crippen LogP contribution is 2.35. The number of alkyl halides is 5. The molecule has 0 aliphatic carbocycles. The lowest BCUT2D eigenvalue weighted by atomic mass is 9.88. The van der Waals surface area contributed by atoms with Crippen molar-refractivity contribution in [2.24, 2.45) is 16.6 Å². The van der Waals surface area contributed by atoms with E-state index in [1.165, 1.54) is 19.5 Å². The highest BCUT2D eigenvalue weighted by Gasteiger charge is 2.46. The number of hydrogen-bond donors (Lipinski definition) is 2. The molecule has 2 atom stereocenters. The summed E-state index contributed by atoms with van der Waals surface area (Å²) in [4.78, 5) is 26.3. The number of aryl methyl sites for hydroxylation is 1. The third-order valence-corrected chi connectivity index (χ3v) is 5.89. The predicted molar refractivity (Wildman–Crippen MR) is 126 cm³/mol. The van der Waals surface area contributed by atoms with Crippen LogP contribution in [0, 0.1) is 12.8 Å². The maximum atomic E-state index is 14.5. The molecule has 3 heterocycles. The molecular formula is C24H27F5N6O. The second-order valence-corrected chi connectivity index (χ2v) is 8.78. The lowest BCUT2D eigenvalue weighted by Crippen LogP contribution is -2.58. The molecule has 36 heavy (non-hydrogen) atoms. The van der Waals surface area contributed by atoms with Crippen LogP contribution in [0.15, 0.2) is 47.3 Å². The van der Waals surface area contributed by atoms with Crippen LogP contribution in [0.3, 0.4) is 0 Å². The molecule has 1 aliphatic rings. The maximum absolute atomic E-state index is 14.5. The first kappa shape index (κ1) is 27.0. The third kappa shape index (κ3) is 6.35. The van der Waals surface area contributed by atoms with Gasteiger partial charge in [-0.05, 0) is 42.7 Å². The zero-order chi connectivity index (χ0) is 26.7. The number of nitrogens with zero attached hydrogens (tertiary/aromatic N) is 4. The van der Waals surface area contributed by atoms with Gasteiger partial charge in [0, 0.05) is 44.2 Å². The Morgan fingerprint density at radius 3 is 2.61 bits per heavy atom. The van der Waals surface area contributed by atoms with Crippen molar-refractivity contribution in [3.63, 3.8) is 0 Å². The molecule has 0 radical (unpaired) electrons. The van der Waals surface area contributed by atoms with Crippen LogP contribution in [0.2, 0.25) is 0 Å². The van der Waals surface area contributed by atoms with Gasteiger partial charge in [0.25, 0.3) is 11.8 Å². The summed E-state index contributed by atoms with van der Waals surface area (Å²) in [7, 11) is 1.48. The predicted octanol–water partition coefficient (Wildman–Crippen LogP) is 4.16. The molecule has 194 valence electrons. The molecule has 2 aromatic heterocycles. The molecule has 12 heteroatoms. The fourth-order valence-corrected chi connectivity index (χ4v) is 4.11. The number of amides is 1. The van der Waals surface area contributed by atoms with E-state index in [2.05, 4.69) is 20.3 Å². The molecule has 0 saturated carbocycles. The van der Waals surface area contributed by atoms with Gasteiger partial charge in [0.05, 0.1) is 23.8 Å². The van der Waals surface area contributed by atoms with Gasteiger partial charge in [-0.3, -0.25) is 14.8 Å². The minimum Gasteiger partial charge on any atom is -0.394 e. The summed E-state index contributed by atoms with van der Waals surface area (Å²) in [5.41, 5.74) is 6.41. The quantitative estimate of drug-likeness (QED) is 0.346. The second-order valence-electron chi connectivity index (χ2n) is 8.78. The van der Waals surface area contributed by atoms with Crippen molar-refractivity contribution >= 4 is 23.5 Å². The molecule has 1 fully saturated rings. The van der Waals surface area contributed by atoms with E-state index < -0.39 is 48.5 Å². The first-order valence-corrected chi connectivity index (χ1v) is 11.1. The number of aliphatic imine (C=N–C) groups is 1. The van der Waals surface area contributed by atoms with Crippen LogP contribution in [0.4, 0.5) is 27.8 Å². The minimum atomic E-state index is -4.53. The average molecular weight is 511 g/mol. The number of carbonyl (C=O) groups excluding carboxylic acids is 1. The topological polar surface area (TPSA) is 96.5 Å². The Morgan fingerprint density at radius 1 is 1.31 bits per heavy atom. The van der Waals surface area contributed by atoms with E-state index in [1.54, 1.807) is 19.1 Å². The molecule has 3 N–H and O–H groups in total. The molecule has 0 spiro atoms. The summed E-state index contributed by atoms with van der Waals surface area (Å²) in [6.45, 7) is 2.53. The van der Waals surface area contributed by atoms with Crippen molar-refractivity contribution in [3.8, 4) is 0 Å². The average Bonchev–Trinajstić information content (AvgIpc) is 2.80. The van der Waals surface area contributed by atoms with Crippen molar-refractivity contribution in [3.05, 3.63) is 59.2 Å². The first-order valence-electron chi connectivity index (χ1n) is 11.1. The number of nitrogens with two attached hydrogens (primary N) is 1. The lowest BCUT2D eigenvalue weighted by molar-refractivity contribution is -0.148. The number of pyridine rings is 2. The van der Waals surface area contributed by atoms with Crippen LogP contribution in [-0.4, -0.2) is 59.1 Å². The first-order chi connectivity index (χ1) is 16.8. The molecule has 1 amide bonds. The van der Waals surface area contributed by atoms with Gasteiger partial charge in [0.15, 0.2) is 0 Å². The highest BCUT2D eigenvalue weighted by molar-refractivity contribution is 6.18. The minimum absolute atomic E-state index is 0.0193. The SMILES string of the molecule is CN=CC(=C(N)C(=O)N1CC(F)(F)C[C@@H](C)C1CNc1ccc(C(F)(F)F)cn1)c1cc(C)ccn1. The summed E-state index contributed by atoms with van der Waals surface area (Å²) in [6.07, 6.45) is -1.44. The number of likely N-dealkylation sites (tertiary alicyclic amines) is 1. The van der Waals surface area contributed by atoms with Gasteiger partial charge in [-0.25, -0.2) is 13.8 Å². The Kier molecular flexibility index (Phi) is 7.95. The van der Waals surface area contributed by atoms with Crippen LogP contribution in [0.5, 0.6) is 0 Å². The third-order valence-electron chi connectivity index (χ3n) is 5.89. The number of anilines is 1. The van der Waals surface area contributed by atoms with E-state index in [4.69, 9.17) is 5.73 Å². The smallest absolute Gasteiger partial charge is 0.394 e. The number of aromatic nitrogens is 2. The lowest BCUT2D eigenvalue weighted by Gasteiger charge is -2.43. The molecule has 0 bridgehead atoms. The van der Waals surface area contributed by atoms with Crippen molar-refractivity contribution in [1.29, 1.82) is 0 Å². The van der Waals surface area contributed by atoms with Gasteiger partial charge in [-0.2, -0.15) is 13.2 Å². The van der Waals surface area contributed by atoms with Gasteiger partial charge in [-0.15, -0.1) is 0 Å². The van der Waals surface area contributed by atoms with E-state index in [-0.39, 0.29) is 23.6 Å². The number of allylic oxidation sites excluding steroid dienone is 1. The van der Waals surface area contributed by atoms with Crippen LogP contribution in [0.1, 0.15) is 30.2 Å². The summed E-state index contributed by atoms with van der Waals surface area (Å²) >= 11 is 0. The number of carbonyl (C=O) groups is 1. The Bertz CT molecular complexity index is 1150. The van der Waals surface area contributed by atoms with Crippen molar-refractivity contribution in [2.75, 3.05) is 25.5 Å². The summed E-state index contributed by atoms with van der Waals surface area (Å²) in [5, 5.41) is 2.86. The molecule has 7 nitrogen and oxygen atoms in total. The zero-order valence-electron chi connectivity index (χ0n) is 20.0. The van der Waals surface area contributed by atoms with Gasteiger partial charge in [-0.1, -0.05) is 6.92 Å². The number of rotatable bonds is 6. The van der Waals surface area contributed by atoms with Crippen LogP contribution < -0.4 is 11.1 Å². The van der Waals surface area contributed by atoms with Crippen LogP contribution >= 0.6 is 0 Å². The number of halogens is 5. The normalized spacial score (nSPS) is 20.8. The van der Waals surface area contributed by atoms with E-state index in [0.29, 0.717) is 11.9 Å². The second kappa shape index (κ2) is 10.6. The van der Waals surface area contributed by atoms with Gasteiger partial charge < -0.3 is 16.0 Å². The van der Waals surface area contributed by atoms with E-state index in [9.17, 15) is 26.7 Å². The Balaban J connectivity index is 1.90. The fourth-order valence-electron chi connectivity index (χ4n) is 4.11. The molecule has 0 aromatic carbocycles. The van der Waals surface area contributed by atoms with Crippen molar-refractivity contribution < 1.29 is 26.7 Å². The van der Waals surface area contributed by atoms with Crippen molar-refractivity contribution in [1.82, 2.24) is 14.9 Å². The molecular weight excluding hydrogens is 483 g/mol. The van der Waals surface area contributed by atoms with Gasteiger partial charge in [0.1, 0.15) is 11.5 Å². The summed E-state index contributed by atoms with van der Waals surface area (Å²) in [6, 6.07) is 4.73. The summed E-state index contributed by atoms with van der Waals surface area (Å²) < 4.78 is 67.4. The van der Waals surface area contributed by atoms with Crippen molar-refractivity contribution in [2.45, 2.75) is 38.4 Å². The Hall–Kier alpha value is -3.57. The largest absolute Gasteiger partial charge is 0.417 e. The molecule has 1 aliphatic heterocycles. The monoisotopic (exact) mass is 510 g/mol. The van der Waals surface area contributed by atoms with E-state index >= 15 is 0 Å². The number of piperidine rings is 1. The van der Waals surface area contributed by atoms with E-state index in [0.717, 1.165) is 22.6 Å². The van der Waals surface area contributed by atoms with Gasteiger partial charge in [0.2, 0.25) is 0 Å². The molecule has 1 saturated heterocycles.